The van der Waals surface area contributed by atoms with E-state index < -0.39 is 0 Å². The zero-order chi connectivity index (χ0) is 18.1. The molecule has 0 saturated heterocycles. The van der Waals surface area contributed by atoms with Crippen LogP contribution in [0.3, 0.4) is 0 Å². The lowest BCUT2D eigenvalue weighted by Crippen LogP contribution is -2.32. The molecule has 0 atom stereocenters. The number of H-pyrrole nitrogens is 1. The van der Waals surface area contributed by atoms with Gasteiger partial charge in [0.05, 0.1) is 23.3 Å². The number of fused-ring (bicyclic) bond motifs is 5. The van der Waals surface area contributed by atoms with Crippen LogP contribution in [0.1, 0.15) is 24.3 Å². The van der Waals surface area contributed by atoms with Crippen molar-refractivity contribution in [3.63, 3.8) is 0 Å². The third-order valence-corrected chi connectivity index (χ3v) is 6.22. The summed E-state index contributed by atoms with van der Waals surface area (Å²) in [5.74, 6) is 0.498. The van der Waals surface area contributed by atoms with Crippen molar-refractivity contribution in [3.05, 3.63) is 55.9 Å². The van der Waals surface area contributed by atoms with Gasteiger partial charge in [0.1, 0.15) is 4.83 Å². The van der Waals surface area contributed by atoms with Crippen molar-refractivity contribution in [1.29, 1.82) is 0 Å². The monoisotopic (exact) mass is 384 g/mol. The summed E-state index contributed by atoms with van der Waals surface area (Å²) in [6, 6.07) is 9.54. The molecule has 0 aliphatic carbocycles. The number of para-hydroxylation sites is 1. The maximum Gasteiger partial charge on any atom is 0.268 e. The Balaban J connectivity index is 1.99. The fourth-order valence-electron chi connectivity index (χ4n) is 3.55. The quantitative estimate of drug-likeness (QED) is 0.509. The van der Waals surface area contributed by atoms with Gasteiger partial charge in [-0.3, -0.25) is 4.79 Å². The largest absolute Gasteiger partial charge is 0.370 e. The maximum atomic E-state index is 13.5. The summed E-state index contributed by atoms with van der Waals surface area (Å²) < 4.78 is 9.91. The van der Waals surface area contributed by atoms with Gasteiger partial charge in [0.15, 0.2) is 0 Å². The molecular weight excluding hydrogens is 368 g/mol. The summed E-state index contributed by atoms with van der Waals surface area (Å²) in [5, 5.41) is 7.88. The number of aromatic nitrogens is 4. The van der Waals surface area contributed by atoms with Crippen LogP contribution in [0.25, 0.3) is 21.7 Å². The Morgan fingerprint density at radius 1 is 1.31 bits per heavy atom. The third-order valence-electron chi connectivity index (χ3n) is 4.76. The predicted molar refractivity (Wildman–Crippen MR) is 104 cm³/mol. The second-order valence-electron chi connectivity index (χ2n) is 7.05. The molecule has 6 nitrogen and oxygen atoms in total. The summed E-state index contributed by atoms with van der Waals surface area (Å²) >= 11 is 7.02. The molecule has 4 aromatic rings. The van der Waals surface area contributed by atoms with Gasteiger partial charge in [-0.1, -0.05) is 18.2 Å². The third kappa shape index (κ3) is 2.16. The van der Waals surface area contributed by atoms with Crippen LogP contribution < -0.4 is 5.56 Å². The number of nitrogens with zero attached hydrogens (tertiary/aromatic N) is 3. The fraction of sp³-hybridized carbons (Fsp3) is 0.278. The van der Waals surface area contributed by atoms with Gasteiger partial charge in [0.2, 0.25) is 10.5 Å². The van der Waals surface area contributed by atoms with Gasteiger partial charge in [0.25, 0.3) is 5.56 Å². The minimum absolute atomic E-state index is 0.0668. The molecule has 0 radical (unpaired) electrons. The number of ether oxygens (including phenoxy) is 1. The number of benzene rings is 1. The second-order valence-corrected chi connectivity index (χ2v) is 8.52. The van der Waals surface area contributed by atoms with E-state index in [9.17, 15) is 4.79 Å². The van der Waals surface area contributed by atoms with E-state index in [0.29, 0.717) is 23.6 Å². The SMILES string of the molecule is CC1(C)Cc2c(sc3c2c(=O)n(-c2ccccc2)c2n[nH]c(=S)n32)CO1. The standard InChI is InChI=1S/C18H16N4O2S2/c1-18(2)8-11-12(9-24-18)26-15-13(11)14(23)21(10-6-4-3-5-7-10)16-19-20-17(25)22(15)16/h3-7H,8-9H2,1-2H3,(H,20,25). The molecule has 0 saturated carbocycles. The zero-order valence-electron chi connectivity index (χ0n) is 14.3. The van der Waals surface area contributed by atoms with Crippen molar-refractivity contribution < 1.29 is 4.74 Å². The molecule has 1 aliphatic rings. The highest BCUT2D eigenvalue weighted by Crippen LogP contribution is 2.38. The van der Waals surface area contributed by atoms with E-state index >= 15 is 0 Å². The molecule has 0 amide bonds. The first kappa shape index (κ1) is 15.9. The van der Waals surface area contributed by atoms with Crippen molar-refractivity contribution in [2.75, 3.05) is 0 Å². The Morgan fingerprint density at radius 2 is 2.08 bits per heavy atom. The van der Waals surface area contributed by atoms with Crippen molar-refractivity contribution >= 4 is 39.5 Å². The normalized spacial score (nSPS) is 16.2. The lowest BCUT2D eigenvalue weighted by atomic mass is 9.94. The summed E-state index contributed by atoms with van der Waals surface area (Å²) in [6.45, 7) is 4.62. The van der Waals surface area contributed by atoms with Crippen LogP contribution in [0, 0.1) is 4.77 Å². The van der Waals surface area contributed by atoms with E-state index in [1.165, 1.54) is 0 Å². The first-order valence-corrected chi connectivity index (χ1v) is 9.54. The topological polar surface area (TPSA) is 64.3 Å². The van der Waals surface area contributed by atoms with Crippen LogP contribution in [0.2, 0.25) is 0 Å². The van der Waals surface area contributed by atoms with E-state index in [0.717, 1.165) is 26.3 Å². The molecule has 1 N–H and O–H groups in total. The van der Waals surface area contributed by atoms with Crippen molar-refractivity contribution in [1.82, 2.24) is 19.2 Å². The number of rotatable bonds is 1. The van der Waals surface area contributed by atoms with E-state index in [1.54, 1.807) is 15.9 Å². The van der Waals surface area contributed by atoms with Gasteiger partial charge < -0.3 is 4.74 Å². The average Bonchev–Trinajstić information content (AvgIpc) is 3.16. The molecule has 3 aromatic heterocycles. The van der Waals surface area contributed by atoms with E-state index in [-0.39, 0.29) is 11.2 Å². The smallest absolute Gasteiger partial charge is 0.268 e. The van der Waals surface area contributed by atoms with Crippen LogP contribution in [0.15, 0.2) is 35.1 Å². The first-order valence-electron chi connectivity index (χ1n) is 8.32. The molecule has 5 rings (SSSR count). The van der Waals surface area contributed by atoms with Crippen LogP contribution in [0.5, 0.6) is 0 Å². The highest BCUT2D eigenvalue weighted by atomic mass is 32.1. The maximum absolute atomic E-state index is 13.5. The van der Waals surface area contributed by atoms with Crippen LogP contribution in [-0.2, 0) is 17.8 Å². The molecule has 8 heteroatoms. The van der Waals surface area contributed by atoms with E-state index in [2.05, 4.69) is 24.0 Å². The van der Waals surface area contributed by atoms with Crippen LogP contribution >= 0.6 is 23.6 Å². The molecule has 0 unspecified atom stereocenters. The Morgan fingerprint density at radius 3 is 2.85 bits per heavy atom. The highest BCUT2D eigenvalue weighted by Gasteiger charge is 2.32. The number of hydrogen-bond acceptors (Lipinski definition) is 5. The minimum atomic E-state index is -0.294. The fourth-order valence-corrected chi connectivity index (χ4v) is 5.05. The molecule has 26 heavy (non-hydrogen) atoms. The predicted octanol–water partition coefficient (Wildman–Crippen LogP) is 3.61. The minimum Gasteiger partial charge on any atom is -0.370 e. The number of hydrogen-bond donors (Lipinski definition) is 1. The highest BCUT2D eigenvalue weighted by molar-refractivity contribution is 7.71. The van der Waals surface area contributed by atoms with Gasteiger partial charge >= 0.3 is 0 Å². The average molecular weight is 384 g/mol. The number of nitrogens with one attached hydrogen (secondary N) is 1. The summed E-state index contributed by atoms with van der Waals surface area (Å²) in [6.07, 6.45) is 0.697. The zero-order valence-corrected chi connectivity index (χ0v) is 15.9. The first-order chi connectivity index (χ1) is 12.5. The van der Waals surface area contributed by atoms with Crippen molar-refractivity contribution in [2.24, 2.45) is 0 Å². The molecular formula is C18H16N4O2S2. The number of aromatic amines is 1. The second kappa shape index (κ2) is 5.35. The Labute approximate surface area is 157 Å². The molecule has 0 fully saturated rings. The summed E-state index contributed by atoms with van der Waals surface area (Å²) in [5.41, 5.74) is 1.48. The number of thiophene rings is 1. The Hall–Kier alpha value is -2.29. The summed E-state index contributed by atoms with van der Waals surface area (Å²) in [7, 11) is 0. The van der Waals surface area contributed by atoms with Gasteiger partial charge in [-0.2, -0.15) is 0 Å². The molecule has 1 aromatic carbocycles. The van der Waals surface area contributed by atoms with Gasteiger partial charge in [0, 0.05) is 11.3 Å². The van der Waals surface area contributed by atoms with Crippen LogP contribution in [0.4, 0.5) is 0 Å². The summed E-state index contributed by atoms with van der Waals surface area (Å²) in [4.78, 5) is 15.4. The molecule has 0 spiro atoms. The van der Waals surface area contributed by atoms with Gasteiger partial charge in [-0.25, -0.2) is 14.1 Å². The van der Waals surface area contributed by atoms with Crippen molar-refractivity contribution in [2.45, 2.75) is 32.5 Å². The lowest BCUT2D eigenvalue weighted by molar-refractivity contribution is -0.0379. The molecule has 1 aliphatic heterocycles. The molecule has 0 bridgehead atoms. The van der Waals surface area contributed by atoms with Crippen molar-refractivity contribution in [3.8, 4) is 5.69 Å². The Bertz CT molecular complexity index is 1280. The van der Waals surface area contributed by atoms with Gasteiger partial charge in [-0.15, -0.1) is 16.4 Å². The Kier molecular flexibility index (Phi) is 3.28. The van der Waals surface area contributed by atoms with Crippen LogP contribution in [-0.4, -0.2) is 24.8 Å². The van der Waals surface area contributed by atoms with E-state index in [4.69, 9.17) is 17.0 Å². The lowest BCUT2D eigenvalue weighted by Gasteiger charge is -2.29. The van der Waals surface area contributed by atoms with Gasteiger partial charge in [-0.05, 0) is 43.8 Å². The van der Waals surface area contributed by atoms with E-state index in [1.807, 2.05) is 34.7 Å². The molecule has 132 valence electrons. The molecule has 4 heterocycles.